The van der Waals surface area contributed by atoms with Crippen molar-refractivity contribution < 1.29 is 18.0 Å². The van der Waals surface area contributed by atoms with Crippen LogP contribution in [0.5, 0.6) is 0 Å². The van der Waals surface area contributed by atoms with Crippen molar-refractivity contribution in [3.8, 4) is 0 Å². The molecule has 0 saturated heterocycles. The van der Waals surface area contributed by atoms with E-state index in [-0.39, 0.29) is 29.9 Å². The third-order valence-electron chi connectivity index (χ3n) is 6.47. The van der Waals surface area contributed by atoms with E-state index in [4.69, 9.17) is 0 Å². The average Bonchev–Trinajstić information content (AvgIpc) is 2.84. The maximum atomic E-state index is 13.4. The lowest BCUT2D eigenvalue weighted by atomic mass is 9.95. The fourth-order valence-corrected chi connectivity index (χ4v) is 5.58. The molecule has 190 valence electrons. The number of hydrogen-bond donors (Lipinski definition) is 1. The molecule has 2 aromatic rings. The topological polar surface area (TPSA) is 86.8 Å². The van der Waals surface area contributed by atoms with E-state index in [1.165, 1.54) is 30.5 Å². The van der Waals surface area contributed by atoms with Crippen molar-refractivity contribution in [1.82, 2.24) is 14.5 Å². The van der Waals surface area contributed by atoms with Crippen molar-refractivity contribution in [1.29, 1.82) is 0 Å². The van der Waals surface area contributed by atoms with Crippen molar-refractivity contribution in [2.75, 3.05) is 13.6 Å². The van der Waals surface area contributed by atoms with E-state index in [0.29, 0.717) is 0 Å². The Morgan fingerprint density at radius 1 is 1.03 bits per heavy atom. The number of carbonyl (C=O) groups is 2. The Labute approximate surface area is 217 Å². The largest absolute Gasteiger partial charge is 0.352 e. The fourth-order valence-electron chi connectivity index (χ4n) is 4.19. The lowest BCUT2D eigenvalue weighted by Crippen LogP contribution is -2.52. The minimum Gasteiger partial charge on any atom is -0.352 e. The van der Waals surface area contributed by atoms with E-state index < -0.39 is 22.0 Å². The molecule has 0 aromatic heterocycles. The van der Waals surface area contributed by atoms with Gasteiger partial charge in [-0.15, -0.1) is 0 Å². The number of rotatable bonds is 9. The van der Waals surface area contributed by atoms with Gasteiger partial charge in [0.05, 0.1) is 11.4 Å². The first kappa shape index (κ1) is 27.4. The number of benzene rings is 2. The van der Waals surface area contributed by atoms with Gasteiger partial charge in [0.15, 0.2) is 0 Å². The number of amides is 2. The quantitative estimate of drug-likeness (QED) is 0.494. The summed E-state index contributed by atoms with van der Waals surface area (Å²) in [7, 11) is -2.47. The normalized spacial score (nSPS) is 15.6. The molecule has 1 aliphatic rings. The summed E-state index contributed by atoms with van der Waals surface area (Å²) >= 11 is 3.41. The Hall–Kier alpha value is -2.23. The van der Waals surface area contributed by atoms with Crippen LogP contribution >= 0.6 is 15.9 Å². The molecule has 1 saturated carbocycles. The highest BCUT2D eigenvalue weighted by Crippen LogP contribution is 2.20. The summed E-state index contributed by atoms with van der Waals surface area (Å²) in [5, 5.41) is 3.09. The molecule has 2 amide bonds. The van der Waals surface area contributed by atoms with Crippen LogP contribution in [0.3, 0.4) is 0 Å². The first-order valence-electron chi connectivity index (χ1n) is 11.9. The number of sulfonamides is 1. The van der Waals surface area contributed by atoms with Gasteiger partial charge in [0.2, 0.25) is 21.8 Å². The zero-order chi connectivity index (χ0) is 25.6. The molecule has 1 aliphatic carbocycles. The van der Waals surface area contributed by atoms with E-state index in [1.54, 1.807) is 19.1 Å². The molecular weight excluding hydrogens is 530 g/mol. The standard InChI is InChI=1S/C26H34BrN3O4S/c1-19-9-15-24(16-10-19)35(33,34)29(3)18-25(31)30(17-21-11-13-22(27)14-12-21)20(2)26(32)28-23-7-5-4-6-8-23/h9-16,20,23H,4-8,17-18H2,1-3H3,(H,28,32). The van der Waals surface area contributed by atoms with Crippen molar-refractivity contribution in [2.45, 2.75) is 69.5 Å². The minimum absolute atomic E-state index is 0.118. The predicted octanol–water partition coefficient (Wildman–Crippen LogP) is 4.24. The number of nitrogens with one attached hydrogen (secondary N) is 1. The summed E-state index contributed by atoms with van der Waals surface area (Å²) in [4.78, 5) is 28.1. The van der Waals surface area contributed by atoms with Gasteiger partial charge < -0.3 is 10.2 Å². The van der Waals surface area contributed by atoms with Crippen LogP contribution in [0.1, 0.15) is 50.2 Å². The smallest absolute Gasteiger partial charge is 0.243 e. The summed E-state index contributed by atoms with van der Waals surface area (Å²) in [5.41, 5.74) is 1.80. The van der Waals surface area contributed by atoms with E-state index in [2.05, 4.69) is 21.2 Å². The van der Waals surface area contributed by atoms with Gasteiger partial charge in [0, 0.05) is 24.1 Å². The van der Waals surface area contributed by atoms with Crippen LogP contribution in [-0.2, 0) is 26.2 Å². The molecule has 0 spiro atoms. The van der Waals surface area contributed by atoms with Gasteiger partial charge in [0.1, 0.15) is 6.04 Å². The van der Waals surface area contributed by atoms with Crippen molar-refractivity contribution in [3.63, 3.8) is 0 Å². The summed E-state index contributed by atoms with van der Waals surface area (Å²) in [6.45, 7) is 3.41. The second kappa shape index (κ2) is 12.1. The number of hydrogen-bond acceptors (Lipinski definition) is 4. The number of likely N-dealkylation sites (N-methyl/N-ethyl adjacent to an activating group) is 1. The summed E-state index contributed by atoms with van der Waals surface area (Å²) in [5.74, 6) is -0.649. The molecule has 2 aromatic carbocycles. The molecule has 1 N–H and O–H groups in total. The van der Waals surface area contributed by atoms with Crippen LogP contribution in [0.2, 0.25) is 0 Å². The second-order valence-corrected chi connectivity index (χ2v) is 12.2. The lowest BCUT2D eigenvalue weighted by molar-refractivity contribution is -0.141. The Morgan fingerprint density at radius 3 is 2.23 bits per heavy atom. The Balaban J connectivity index is 1.78. The number of carbonyl (C=O) groups excluding carboxylic acids is 2. The van der Waals surface area contributed by atoms with Crippen LogP contribution in [0.25, 0.3) is 0 Å². The van der Waals surface area contributed by atoms with Crippen molar-refractivity contribution in [3.05, 3.63) is 64.1 Å². The highest BCUT2D eigenvalue weighted by molar-refractivity contribution is 9.10. The van der Waals surface area contributed by atoms with Crippen molar-refractivity contribution in [2.24, 2.45) is 0 Å². The first-order valence-corrected chi connectivity index (χ1v) is 14.2. The number of aryl methyl sites for hydroxylation is 1. The maximum Gasteiger partial charge on any atom is 0.243 e. The van der Waals surface area contributed by atoms with Gasteiger partial charge >= 0.3 is 0 Å². The van der Waals surface area contributed by atoms with Crippen LogP contribution < -0.4 is 5.32 Å². The van der Waals surface area contributed by atoms with E-state index in [9.17, 15) is 18.0 Å². The van der Waals surface area contributed by atoms with E-state index in [1.807, 2.05) is 31.2 Å². The SMILES string of the molecule is Cc1ccc(S(=O)(=O)N(C)CC(=O)N(Cc2ccc(Br)cc2)C(C)C(=O)NC2CCCCC2)cc1. The molecule has 0 bridgehead atoms. The molecule has 0 radical (unpaired) electrons. The van der Waals surface area contributed by atoms with Gasteiger partial charge in [0.25, 0.3) is 0 Å². The van der Waals surface area contributed by atoms with Gasteiger partial charge in [-0.1, -0.05) is 65.0 Å². The minimum atomic E-state index is -3.85. The van der Waals surface area contributed by atoms with Crippen LogP contribution in [0, 0.1) is 6.92 Å². The number of nitrogens with zero attached hydrogens (tertiary/aromatic N) is 2. The molecule has 1 unspecified atom stereocenters. The average molecular weight is 565 g/mol. The second-order valence-electron chi connectivity index (χ2n) is 9.24. The lowest BCUT2D eigenvalue weighted by Gasteiger charge is -2.32. The summed E-state index contributed by atoms with van der Waals surface area (Å²) in [6.07, 6.45) is 5.23. The molecule has 0 heterocycles. The molecule has 3 rings (SSSR count). The Bertz CT molecular complexity index is 1110. The third-order valence-corrected chi connectivity index (χ3v) is 8.82. The molecule has 7 nitrogen and oxygen atoms in total. The van der Waals surface area contributed by atoms with Gasteiger partial charge in [-0.25, -0.2) is 8.42 Å². The predicted molar refractivity (Wildman–Crippen MR) is 140 cm³/mol. The third kappa shape index (κ3) is 7.38. The summed E-state index contributed by atoms with van der Waals surface area (Å²) in [6, 6.07) is 13.4. The zero-order valence-electron chi connectivity index (χ0n) is 20.5. The first-order chi connectivity index (χ1) is 16.6. The van der Waals surface area contributed by atoms with Crippen LogP contribution in [0.4, 0.5) is 0 Å². The highest BCUT2D eigenvalue weighted by atomic mass is 79.9. The van der Waals surface area contributed by atoms with Crippen molar-refractivity contribution >= 4 is 37.8 Å². The molecule has 9 heteroatoms. The molecule has 1 fully saturated rings. The van der Waals surface area contributed by atoms with E-state index >= 15 is 0 Å². The molecule has 35 heavy (non-hydrogen) atoms. The molecule has 1 atom stereocenters. The fraction of sp³-hybridized carbons (Fsp3) is 0.462. The number of halogens is 1. The highest BCUT2D eigenvalue weighted by Gasteiger charge is 2.31. The monoisotopic (exact) mass is 563 g/mol. The Morgan fingerprint density at radius 2 is 1.63 bits per heavy atom. The van der Waals surface area contributed by atoms with Gasteiger partial charge in [-0.05, 0) is 56.5 Å². The molecular formula is C26H34BrN3O4S. The Kier molecular flexibility index (Phi) is 9.49. The van der Waals surface area contributed by atoms with Gasteiger partial charge in [-0.2, -0.15) is 4.31 Å². The summed E-state index contributed by atoms with van der Waals surface area (Å²) < 4.78 is 28.0. The maximum absolute atomic E-state index is 13.4. The van der Waals surface area contributed by atoms with Crippen LogP contribution in [0.15, 0.2) is 57.9 Å². The zero-order valence-corrected chi connectivity index (χ0v) is 22.9. The van der Waals surface area contributed by atoms with Gasteiger partial charge in [-0.3, -0.25) is 9.59 Å². The molecule has 0 aliphatic heterocycles. The van der Waals surface area contributed by atoms with Crippen LogP contribution in [-0.4, -0.2) is 55.1 Å². The van der Waals surface area contributed by atoms with E-state index in [0.717, 1.165) is 45.6 Å².